The molecule has 1 aliphatic rings. The van der Waals surface area contributed by atoms with Crippen LogP contribution in [0.3, 0.4) is 0 Å². The quantitative estimate of drug-likeness (QED) is 0.703. The third kappa shape index (κ3) is 3.46. The van der Waals surface area contributed by atoms with E-state index in [1.807, 2.05) is 35.7 Å². The number of aromatic nitrogens is 2. The molecule has 1 saturated heterocycles. The number of carbonyl (C=O) groups is 2. The number of hydrogen-bond donors (Lipinski definition) is 2. The van der Waals surface area contributed by atoms with E-state index >= 15 is 0 Å². The minimum Gasteiger partial charge on any atom is -0.459 e. The van der Waals surface area contributed by atoms with Gasteiger partial charge >= 0.3 is 0 Å². The average Bonchev–Trinajstić information content (AvgIpc) is 3.43. The molecule has 0 radical (unpaired) electrons. The first-order chi connectivity index (χ1) is 13.5. The fraction of sp³-hybridized carbons (Fsp3) is 0.316. The summed E-state index contributed by atoms with van der Waals surface area (Å²) in [5.41, 5.74) is 0.835. The highest BCUT2D eigenvalue weighted by atomic mass is 32.1. The lowest BCUT2D eigenvalue weighted by atomic mass is 10.1. The van der Waals surface area contributed by atoms with Crippen LogP contribution in [0.15, 0.2) is 41.3 Å². The van der Waals surface area contributed by atoms with Crippen LogP contribution in [0, 0.1) is 6.92 Å². The maximum Gasteiger partial charge on any atom is 0.291 e. The highest BCUT2D eigenvalue weighted by Crippen LogP contribution is 2.31. The van der Waals surface area contributed by atoms with Crippen molar-refractivity contribution in [3.8, 4) is 0 Å². The minimum absolute atomic E-state index is 0.0458. The van der Waals surface area contributed by atoms with Crippen LogP contribution in [-0.4, -0.2) is 45.9 Å². The van der Waals surface area contributed by atoms with E-state index in [1.165, 1.54) is 17.6 Å². The monoisotopic (exact) mass is 399 g/mol. The molecule has 3 aromatic heterocycles. The molecule has 0 aliphatic carbocycles. The topological polar surface area (TPSA) is 92.4 Å². The molecule has 4 heterocycles. The first-order valence-corrected chi connectivity index (χ1v) is 9.80. The van der Waals surface area contributed by atoms with E-state index in [-0.39, 0.29) is 23.6 Å². The van der Waals surface area contributed by atoms with Gasteiger partial charge in [-0.15, -0.1) is 11.3 Å². The predicted molar refractivity (Wildman–Crippen MR) is 106 cm³/mol. The van der Waals surface area contributed by atoms with E-state index in [9.17, 15) is 9.59 Å². The second-order valence-electron chi connectivity index (χ2n) is 6.67. The predicted octanol–water partition coefficient (Wildman–Crippen LogP) is 2.42. The number of nitrogens with zero attached hydrogens (tertiary/aromatic N) is 3. The van der Waals surface area contributed by atoms with Crippen LogP contribution in [0.25, 0.3) is 0 Å². The van der Waals surface area contributed by atoms with Crippen molar-refractivity contribution < 1.29 is 14.0 Å². The highest BCUT2D eigenvalue weighted by Gasteiger charge is 2.32. The molecule has 4 rings (SSSR count). The van der Waals surface area contributed by atoms with Gasteiger partial charge in [0.2, 0.25) is 0 Å². The second kappa shape index (κ2) is 7.61. The van der Waals surface area contributed by atoms with Crippen molar-refractivity contribution in [2.75, 3.05) is 25.0 Å². The lowest BCUT2D eigenvalue weighted by Gasteiger charge is -2.35. The molecule has 1 atom stereocenters. The van der Waals surface area contributed by atoms with Crippen LogP contribution in [0.2, 0.25) is 0 Å². The number of furan rings is 1. The summed E-state index contributed by atoms with van der Waals surface area (Å²) in [6, 6.07) is 4.94. The summed E-state index contributed by atoms with van der Waals surface area (Å²) < 4.78 is 7.05. The Morgan fingerprint density at radius 1 is 1.43 bits per heavy atom. The zero-order valence-corrected chi connectivity index (χ0v) is 16.5. The van der Waals surface area contributed by atoms with E-state index in [2.05, 4.69) is 15.6 Å². The summed E-state index contributed by atoms with van der Waals surface area (Å²) in [7, 11) is 1.93. The van der Waals surface area contributed by atoms with E-state index in [0.717, 1.165) is 17.9 Å². The first-order valence-electron chi connectivity index (χ1n) is 8.99. The summed E-state index contributed by atoms with van der Waals surface area (Å²) in [5, 5.41) is 6.75. The molecule has 146 valence electrons. The van der Waals surface area contributed by atoms with Crippen LogP contribution < -0.4 is 10.6 Å². The zero-order chi connectivity index (χ0) is 19.7. The molecule has 2 N–H and O–H groups in total. The summed E-state index contributed by atoms with van der Waals surface area (Å²) >= 11 is 1.28. The molecule has 28 heavy (non-hydrogen) atoms. The molecule has 1 aliphatic heterocycles. The molecule has 8 nitrogen and oxygen atoms in total. The van der Waals surface area contributed by atoms with E-state index in [0.29, 0.717) is 23.0 Å². The maximum atomic E-state index is 13.3. The number of nitrogens with one attached hydrogen (secondary N) is 2. The first kappa shape index (κ1) is 18.5. The molecule has 3 aromatic rings. The minimum atomic E-state index is -0.335. The van der Waals surface area contributed by atoms with Gasteiger partial charge in [0.05, 0.1) is 16.1 Å². The molecule has 0 bridgehead atoms. The zero-order valence-electron chi connectivity index (χ0n) is 15.6. The summed E-state index contributed by atoms with van der Waals surface area (Å²) in [5.74, 6) is 0.700. The standard InChI is InChI=1S/C19H21N5O3S/c1-12-10-15(22-18(25)14-4-3-9-27-14)28-16(12)19(26)24-8-5-20-11-13(24)17-21-6-7-23(17)2/h3-4,6-7,9-10,13,20H,5,8,11H2,1-2H3,(H,22,25). The number of carbonyl (C=O) groups excluding carboxylic acids is 2. The van der Waals surface area contributed by atoms with Crippen molar-refractivity contribution in [3.05, 3.63) is 58.9 Å². The van der Waals surface area contributed by atoms with Gasteiger partial charge in [0, 0.05) is 39.1 Å². The van der Waals surface area contributed by atoms with E-state index < -0.39 is 0 Å². The molecule has 1 unspecified atom stereocenters. The summed E-state index contributed by atoms with van der Waals surface area (Å²) in [6.45, 7) is 3.87. The molecule has 0 aromatic carbocycles. The van der Waals surface area contributed by atoms with Crippen molar-refractivity contribution in [2.24, 2.45) is 7.05 Å². The molecule has 0 spiro atoms. The molecular weight excluding hydrogens is 378 g/mol. The highest BCUT2D eigenvalue weighted by molar-refractivity contribution is 7.18. The number of aryl methyl sites for hydroxylation is 2. The van der Waals surface area contributed by atoms with Crippen LogP contribution in [0.1, 0.15) is 37.7 Å². The number of thiophene rings is 1. The smallest absolute Gasteiger partial charge is 0.291 e. The van der Waals surface area contributed by atoms with Gasteiger partial charge in [-0.25, -0.2) is 4.98 Å². The summed E-state index contributed by atoms with van der Waals surface area (Å²) in [6.07, 6.45) is 5.07. The van der Waals surface area contributed by atoms with E-state index in [4.69, 9.17) is 4.42 Å². The van der Waals surface area contributed by atoms with Gasteiger partial charge < -0.3 is 24.5 Å². The van der Waals surface area contributed by atoms with Gasteiger partial charge in [0.1, 0.15) is 11.9 Å². The Bertz CT molecular complexity index is 991. The lowest BCUT2D eigenvalue weighted by Crippen LogP contribution is -2.49. The third-order valence-electron chi connectivity index (χ3n) is 4.75. The van der Waals surface area contributed by atoms with Crippen LogP contribution in [-0.2, 0) is 7.05 Å². The number of amides is 2. The molecule has 2 amide bonds. The molecule has 0 saturated carbocycles. The van der Waals surface area contributed by atoms with Crippen LogP contribution in [0.4, 0.5) is 5.00 Å². The Labute approximate surface area is 166 Å². The fourth-order valence-electron chi connectivity index (χ4n) is 3.34. The Hall–Kier alpha value is -2.91. The molecular formula is C19H21N5O3S. The largest absolute Gasteiger partial charge is 0.459 e. The average molecular weight is 399 g/mol. The number of imidazole rings is 1. The molecule has 9 heteroatoms. The van der Waals surface area contributed by atoms with Crippen molar-refractivity contribution in [1.82, 2.24) is 19.8 Å². The van der Waals surface area contributed by atoms with Gasteiger partial charge in [-0.3, -0.25) is 9.59 Å². The third-order valence-corrected chi connectivity index (χ3v) is 5.90. The number of rotatable bonds is 4. The summed E-state index contributed by atoms with van der Waals surface area (Å²) in [4.78, 5) is 32.4. The van der Waals surface area contributed by atoms with Crippen molar-refractivity contribution in [1.29, 1.82) is 0 Å². The SMILES string of the molecule is Cc1cc(NC(=O)c2ccco2)sc1C(=O)N1CCNCC1c1nccn1C. The number of hydrogen-bond acceptors (Lipinski definition) is 6. The maximum absolute atomic E-state index is 13.3. The molecule has 1 fully saturated rings. The van der Waals surface area contributed by atoms with Crippen molar-refractivity contribution in [3.63, 3.8) is 0 Å². The van der Waals surface area contributed by atoms with Gasteiger partial charge in [-0.1, -0.05) is 0 Å². The lowest BCUT2D eigenvalue weighted by molar-refractivity contribution is 0.0625. The Morgan fingerprint density at radius 3 is 3.00 bits per heavy atom. The van der Waals surface area contributed by atoms with Crippen molar-refractivity contribution >= 4 is 28.2 Å². The van der Waals surface area contributed by atoms with Crippen LogP contribution >= 0.6 is 11.3 Å². The number of piperazine rings is 1. The van der Waals surface area contributed by atoms with Crippen molar-refractivity contribution in [2.45, 2.75) is 13.0 Å². The number of anilines is 1. The van der Waals surface area contributed by atoms with Gasteiger partial charge in [0.25, 0.3) is 11.8 Å². The van der Waals surface area contributed by atoms with Gasteiger partial charge in [-0.05, 0) is 30.7 Å². The Kier molecular flexibility index (Phi) is 5.01. The Morgan fingerprint density at radius 2 is 2.29 bits per heavy atom. The van der Waals surface area contributed by atoms with Gasteiger partial charge in [-0.2, -0.15) is 0 Å². The normalized spacial score (nSPS) is 16.9. The van der Waals surface area contributed by atoms with Gasteiger partial charge in [0.15, 0.2) is 5.76 Å². The van der Waals surface area contributed by atoms with E-state index in [1.54, 1.807) is 18.3 Å². The fourth-order valence-corrected chi connectivity index (χ4v) is 4.37. The van der Waals surface area contributed by atoms with Crippen LogP contribution in [0.5, 0.6) is 0 Å². The second-order valence-corrected chi connectivity index (χ2v) is 7.72. The Balaban J connectivity index is 1.56.